The van der Waals surface area contributed by atoms with Crippen molar-refractivity contribution < 1.29 is 19.1 Å². The van der Waals surface area contributed by atoms with Crippen molar-refractivity contribution in [1.82, 2.24) is 15.3 Å². The molecule has 25 heavy (non-hydrogen) atoms. The molecule has 2 aromatic rings. The number of nitrogens with two attached hydrogens (primary N) is 1. The number of amides is 2. The molecule has 1 aromatic heterocycles. The van der Waals surface area contributed by atoms with Gasteiger partial charge in [-0.2, -0.15) is 0 Å². The summed E-state index contributed by atoms with van der Waals surface area (Å²) in [7, 11) is 0. The van der Waals surface area contributed by atoms with Gasteiger partial charge in [-0.15, -0.1) is 0 Å². The van der Waals surface area contributed by atoms with Gasteiger partial charge in [0.2, 0.25) is 0 Å². The zero-order valence-corrected chi connectivity index (χ0v) is 13.9. The average molecular weight is 345 g/mol. The molecule has 2 atom stereocenters. The van der Waals surface area contributed by atoms with Crippen molar-refractivity contribution >= 4 is 28.6 Å². The van der Waals surface area contributed by atoms with Gasteiger partial charge >= 0.3 is 6.09 Å². The van der Waals surface area contributed by atoms with E-state index in [1.165, 1.54) is 6.33 Å². The summed E-state index contributed by atoms with van der Waals surface area (Å²) in [6.45, 7) is 4.06. The van der Waals surface area contributed by atoms with Crippen LogP contribution in [0.25, 0.3) is 10.9 Å². The van der Waals surface area contributed by atoms with E-state index in [4.69, 9.17) is 15.2 Å². The van der Waals surface area contributed by atoms with Gasteiger partial charge in [0.25, 0.3) is 5.91 Å². The Morgan fingerprint density at radius 3 is 2.96 bits per heavy atom. The van der Waals surface area contributed by atoms with Gasteiger partial charge in [-0.3, -0.25) is 4.79 Å². The number of ether oxygens (including phenoxy) is 2. The first-order valence-electron chi connectivity index (χ1n) is 7.90. The van der Waals surface area contributed by atoms with E-state index in [1.54, 1.807) is 12.1 Å². The molecule has 2 amide bonds. The lowest BCUT2D eigenvalue weighted by Gasteiger charge is -2.16. The summed E-state index contributed by atoms with van der Waals surface area (Å²) in [5.41, 5.74) is 7.76. The predicted molar refractivity (Wildman–Crippen MR) is 90.2 cm³/mol. The Hall–Kier alpha value is -2.94. The minimum atomic E-state index is -0.752. The van der Waals surface area contributed by atoms with Crippen molar-refractivity contribution in [3.63, 3.8) is 0 Å². The second-order valence-electron chi connectivity index (χ2n) is 5.63. The van der Waals surface area contributed by atoms with Crippen LogP contribution in [0.3, 0.4) is 0 Å². The minimum Gasteiger partial charge on any atom is -0.492 e. The number of alkyl carbamates (subject to hydrolysis) is 1. The Morgan fingerprint density at radius 1 is 1.52 bits per heavy atom. The van der Waals surface area contributed by atoms with E-state index in [0.717, 1.165) is 5.39 Å². The third kappa shape index (κ3) is 3.45. The molecule has 1 aliphatic heterocycles. The molecule has 0 radical (unpaired) electrons. The summed E-state index contributed by atoms with van der Waals surface area (Å²) in [5.74, 6) is 0.0771. The first-order chi connectivity index (χ1) is 12.0. The monoisotopic (exact) mass is 345 g/mol. The Balaban J connectivity index is 1.99. The number of hydrogen-bond acceptors (Lipinski definition) is 7. The molecule has 0 bridgehead atoms. The second-order valence-corrected chi connectivity index (χ2v) is 5.63. The van der Waals surface area contributed by atoms with Gasteiger partial charge in [0, 0.05) is 17.5 Å². The highest BCUT2D eigenvalue weighted by atomic mass is 16.6. The van der Waals surface area contributed by atoms with Crippen molar-refractivity contribution in [2.45, 2.75) is 25.9 Å². The maximum atomic E-state index is 12.4. The fraction of sp³-hybridized carbons (Fsp3) is 0.375. The fourth-order valence-corrected chi connectivity index (χ4v) is 2.59. The molecule has 1 aromatic carbocycles. The van der Waals surface area contributed by atoms with Crippen LogP contribution in [0.5, 0.6) is 5.75 Å². The molecule has 0 aliphatic carbocycles. The van der Waals surface area contributed by atoms with Crippen molar-refractivity contribution in [2.24, 2.45) is 5.73 Å². The van der Waals surface area contributed by atoms with Gasteiger partial charge < -0.3 is 25.8 Å². The summed E-state index contributed by atoms with van der Waals surface area (Å²) in [5, 5.41) is 5.92. The molecule has 1 unspecified atom stereocenters. The Bertz CT molecular complexity index is 824. The lowest BCUT2D eigenvalue weighted by atomic mass is 10.1. The van der Waals surface area contributed by atoms with Crippen LogP contribution < -0.4 is 21.1 Å². The van der Waals surface area contributed by atoms with Crippen LogP contribution >= 0.6 is 0 Å². The number of cyclic esters (lactones) is 1. The largest absolute Gasteiger partial charge is 0.492 e. The Labute approximate surface area is 143 Å². The van der Waals surface area contributed by atoms with Crippen molar-refractivity contribution in [2.75, 3.05) is 18.5 Å². The fourth-order valence-electron chi connectivity index (χ4n) is 2.59. The topological polar surface area (TPSA) is 128 Å². The summed E-state index contributed by atoms with van der Waals surface area (Å²) in [4.78, 5) is 31.9. The number of hydrogen-bond donors (Lipinski definition) is 3. The first kappa shape index (κ1) is 16.9. The number of aromatic nitrogens is 2. The zero-order valence-electron chi connectivity index (χ0n) is 13.9. The molecular weight excluding hydrogens is 326 g/mol. The molecule has 0 saturated carbocycles. The van der Waals surface area contributed by atoms with Crippen LogP contribution in [0, 0.1) is 0 Å². The molecule has 1 aliphatic rings. The number of rotatable bonds is 5. The van der Waals surface area contributed by atoms with E-state index < -0.39 is 18.0 Å². The summed E-state index contributed by atoms with van der Waals surface area (Å²) in [6, 6.07) is 2.41. The van der Waals surface area contributed by atoms with Gasteiger partial charge in [0.05, 0.1) is 23.5 Å². The van der Waals surface area contributed by atoms with Gasteiger partial charge in [0.1, 0.15) is 24.7 Å². The Morgan fingerprint density at radius 2 is 2.32 bits per heavy atom. The lowest BCUT2D eigenvalue weighted by Crippen LogP contribution is -2.38. The van der Waals surface area contributed by atoms with Crippen LogP contribution in [-0.2, 0) is 9.53 Å². The summed E-state index contributed by atoms with van der Waals surface area (Å²) >= 11 is 0. The van der Waals surface area contributed by atoms with Gasteiger partial charge in [-0.05, 0) is 19.9 Å². The van der Waals surface area contributed by atoms with Gasteiger partial charge in [-0.1, -0.05) is 0 Å². The van der Waals surface area contributed by atoms with E-state index in [9.17, 15) is 9.59 Å². The van der Waals surface area contributed by atoms with Crippen LogP contribution in [0.4, 0.5) is 10.5 Å². The highest BCUT2D eigenvalue weighted by Gasteiger charge is 2.29. The normalized spacial score (nSPS) is 17.7. The smallest absolute Gasteiger partial charge is 0.407 e. The number of benzene rings is 1. The van der Waals surface area contributed by atoms with Gasteiger partial charge in [0.15, 0.2) is 0 Å². The molecule has 9 nitrogen and oxygen atoms in total. The highest BCUT2D eigenvalue weighted by molar-refractivity contribution is 6.01. The summed E-state index contributed by atoms with van der Waals surface area (Å²) in [6.07, 6.45) is 0.830. The highest BCUT2D eigenvalue weighted by Crippen LogP contribution is 2.32. The second kappa shape index (κ2) is 6.89. The minimum absolute atomic E-state index is 0.0174. The van der Waals surface area contributed by atoms with E-state index >= 15 is 0 Å². The third-order valence-corrected chi connectivity index (χ3v) is 3.75. The van der Waals surface area contributed by atoms with Crippen LogP contribution in [0.2, 0.25) is 0 Å². The number of carbonyl (C=O) groups excluding carboxylic acids is 2. The predicted octanol–water partition coefficient (Wildman–Crippen LogP) is 1.10. The van der Waals surface area contributed by atoms with Crippen LogP contribution in [0.1, 0.15) is 25.6 Å². The molecule has 2 heterocycles. The molecule has 1 saturated heterocycles. The van der Waals surface area contributed by atoms with E-state index in [1.807, 2.05) is 13.8 Å². The van der Waals surface area contributed by atoms with Crippen molar-refractivity contribution in [1.29, 1.82) is 0 Å². The molecule has 0 spiro atoms. The molecular formula is C16H19N5O4. The number of nitrogens with one attached hydrogen (secondary N) is 2. The average Bonchev–Trinajstić information content (AvgIpc) is 3.01. The number of anilines is 1. The van der Waals surface area contributed by atoms with E-state index in [2.05, 4.69) is 20.6 Å². The number of fused-ring (bicyclic) bond motifs is 1. The third-order valence-electron chi connectivity index (χ3n) is 3.75. The van der Waals surface area contributed by atoms with E-state index in [-0.39, 0.29) is 12.6 Å². The quantitative estimate of drug-likeness (QED) is 0.740. The zero-order chi connectivity index (χ0) is 18.0. The van der Waals surface area contributed by atoms with Crippen molar-refractivity contribution in [3.05, 3.63) is 24.2 Å². The molecule has 132 valence electrons. The first-order valence-corrected chi connectivity index (χ1v) is 7.90. The van der Waals surface area contributed by atoms with Gasteiger partial charge in [-0.25, -0.2) is 14.8 Å². The van der Waals surface area contributed by atoms with E-state index in [0.29, 0.717) is 29.3 Å². The standard InChI is InChI=1S/C16H19N5O4/c1-3-24-13-5-10-9(14(8(2)17)19-7-18-10)4-11(13)20-15(22)12-6-25-16(23)21-12/h4-5,7-8,12H,3,6,17H2,1-2H3,(H,20,22)(H,21,23)/t8?,12-/m0/s1. The van der Waals surface area contributed by atoms with Crippen molar-refractivity contribution in [3.8, 4) is 5.75 Å². The Kier molecular flexibility index (Phi) is 4.66. The maximum Gasteiger partial charge on any atom is 0.407 e. The SMILES string of the molecule is CCOc1cc2ncnc(C(C)N)c2cc1NC(=O)[C@@H]1COC(=O)N1. The maximum absolute atomic E-state index is 12.4. The number of nitrogens with zero attached hydrogens (tertiary/aromatic N) is 2. The van der Waals surface area contributed by atoms with Crippen LogP contribution in [0.15, 0.2) is 18.5 Å². The molecule has 1 fully saturated rings. The molecule has 4 N–H and O–H groups in total. The summed E-state index contributed by atoms with van der Waals surface area (Å²) < 4.78 is 10.3. The number of carbonyl (C=O) groups is 2. The molecule has 3 rings (SSSR count). The lowest BCUT2D eigenvalue weighted by molar-refractivity contribution is -0.117. The molecule has 9 heteroatoms. The van der Waals surface area contributed by atoms with Crippen LogP contribution in [-0.4, -0.2) is 41.2 Å².